The number of nitrogens with zero attached hydrogens (tertiary/aromatic N) is 4. The third-order valence-corrected chi connectivity index (χ3v) is 7.45. The third-order valence-electron chi connectivity index (χ3n) is 6.27. The second-order valence-electron chi connectivity index (χ2n) is 8.34. The molecule has 1 saturated heterocycles. The number of anilines is 2. The summed E-state index contributed by atoms with van der Waals surface area (Å²) < 4.78 is 0. The predicted molar refractivity (Wildman–Crippen MR) is 128 cm³/mol. The number of amides is 1. The Kier molecular flexibility index (Phi) is 4.83. The lowest BCUT2D eigenvalue weighted by Crippen LogP contribution is -2.23. The number of fused-ring (bicyclic) bond motifs is 3. The van der Waals surface area contributed by atoms with E-state index >= 15 is 0 Å². The number of benzene rings is 1. The highest BCUT2D eigenvalue weighted by molar-refractivity contribution is 7.19. The van der Waals surface area contributed by atoms with E-state index in [4.69, 9.17) is 9.97 Å². The van der Waals surface area contributed by atoms with Crippen molar-refractivity contribution < 1.29 is 4.79 Å². The predicted octanol–water partition coefficient (Wildman–Crippen LogP) is 4.98. The van der Waals surface area contributed by atoms with Gasteiger partial charge in [-0.3, -0.25) is 9.78 Å². The highest BCUT2D eigenvalue weighted by Gasteiger charge is 2.23. The van der Waals surface area contributed by atoms with Crippen LogP contribution in [-0.4, -0.2) is 27.4 Å². The van der Waals surface area contributed by atoms with Gasteiger partial charge in [0.25, 0.3) is 0 Å². The van der Waals surface area contributed by atoms with E-state index < -0.39 is 0 Å². The minimum absolute atomic E-state index is 0.216. The van der Waals surface area contributed by atoms with Crippen LogP contribution < -0.4 is 10.2 Å². The Morgan fingerprint density at radius 3 is 2.72 bits per heavy atom. The van der Waals surface area contributed by atoms with Crippen LogP contribution >= 0.6 is 11.3 Å². The summed E-state index contributed by atoms with van der Waals surface area (Å²) in [7, 11) is 0. The topological polar surface area (TPSA) is 71.0 Å². The van der Waals surface area contributed by atoms with E-state index in [-0.39, 0.29) is 5.91 Å². The standard InChI is InChI=1S/C25H23N5OS/c31-21-7-3-13-30(21)18-10-8-16(9-11-18)14-27-24-22-19-5-1-6-20(19)32-25(22)29-23(28-24)17-4-2-12-26-15-17/h2,4,8-12,15H,1,3,5-7,13-14H2,(H,27,28,29). The lowest BCUT2D eigenvalue weighted by atomic mass is 10.1. The van der Waals surface area contributed by atoms with E-state index in [1.807, 2.05) is 35.4 Å². The molecular weight excluding hydrogens is 418 g/mol. The van der Waals surface area contributed by atoms with Gasteiger partial charge in [-0.1, -0.05) is 12.1 Å². The third kappa shape index (κ3) is 3.42. The van der Waals surface area contributed by atoms with Gasteiger partial charge in [-0.15, -0.1) is 11.3 Å². The summed E-state index contributed by atoms with van der Waals surface area (Å²) in [5.41, 5.74) is 4.47. The van der Waals surface area contributed by atoms with Crippen molar-refractivity contribution in [2.45, 2.75) is 38.6 Å². The Hall–Kier alpha value is -3.32. The van der Waals surface area contributed by atoms with Crippen molar-refractivity contribution in [2.24, 2.45) is 0 Å². The van der Waals surface area contributed by atoms with Gasteiger partial charge in [-0.05, 0) is 61.1 Å². The number of aryl methyl sites for hydroxylation is 2. The summed E-state index contributed by atoms with van der Waals surface area (Å²) in [6, 6.07) is 12.2. The molecule has 2 aliphatic rings. The molecule has 0 spiro atoms. The number of hydrogen-bond acceptors (Lipinski definition) is 6. The molecular formula is C25H23N5OS. The normalized spacial score (nSPS) is 15.5. The number of carbonyl (C=O) groups is 1. The molecule has 6 nitrogen and oxygen atoms in total. The van der Waals surface area contributed by atoms with E-state index in [0.717, 1.165) is 53.3 Å². The average Bonchev–Trinajstić information content (AvgIpc) is 3.54. The Labute approximate surface area is 190 Å². The fourth-order valence-electron chi connectivity index (χ4n) is 4.65. The van der Waals surface area contributed by atoms with Crippen LogP contribution in [0.4, 0.5) is 11.5 Å². The maximum absolute atomic E-state index is 12.0. The van der Waals surface area contributed by atoms with E-state index in [9.17, 15) is 4.79 Å². The van der Waals surface area contributed by atoms with Crippen molar-refractivity contribution in [3.63, 3.8) is 0 Å². The molecule has 1 aromatic carbocycles. The van der Waals surface area contributed by atoms with Gasteiger partial charge in [-0.2, -0.15) is 0 Å². The van der Waals surface area contributed by atoms with Crippen molar-refractivity contribution in [3.8, 4) is 11.4 Å². The second kappa shape index (κ2) is 7.98. The summed E-state index contributed by atoms with van der Waals surface area (Å²) in [4.78, 5) is 30.4. The maximum Gasteiger partial charge on any atom is 0.227 e. The van der Waals surface area contributed by atoms with Crippen LogP contribution in [0.1, 0.15) is 35.3 Å². The molecule has 4 aromatic rings. The average molecular weight is 442 g/mol. The van der Waals surface area contributed by atoms with Crippen molar-refractivity contribution >= 4 is 39.0 Å². The largest absolute Gasteiger partial charge is 0.365 e. The minimum atomic E-state index is 0.216. The lowest BCUT2D eigenvalue weighted by molar-refractivity contribution is -0.117. The molecule has 4 heterocycles. The monoisotopic (exact) mass is 441 g/mol. The summed E-state index contributed by atoms with van der Waals surface area (Å²) in [5, 5.41) is 4.76. The zero-order valence-corrected chi connectivity index (χ0v) is 18.5. The van der Waals surface area contributed by atoms with Crippen LogP contribution in [0.15, 0.2) is 48.8 Å². The summed E-state index contributed by atoms with van der Waals surface area (Å²) in [6.07, 6.45) is 8.60. The SMILES string of the molecule is O=C1CCCN1c1ccc(CNc2nc(-c3cccnc3)nc3sc4c(c23)CCC4)cc1. The van der Waals surface area contributed by atoms with Gasteiger partial charge in [-0.25, -0.2) is 9.97 Å². The van der Waals surface area contributed by atoms with Gasteiger partial charge in [0.15, 0.2) is 5.82 Å². The first-order chi connectivity index (χ1) is 15.8. The molecule has 1 amide bonds. The van der Waals surface area contributed by atoms with Crippen LogP contribution in [0.5, 0.6) is 0 Å². The quantitative estimate of drug-likeness (QED) is 0.473. The highest BCUT2D eigenvalue weighted by atomic mass is 32.1. The first kappa shape index (κ1) is 19.4. The summed E-state index contributed by atoms with van der Waals surface area (Å²) >= 11 is 1.80. The van der Waals surface area contributed by atoms with Crippen LogP contribution in [0.25, 0.3) is 21.6 Å². The highest BCUT2D eigenvalue weighted by Crippen LogP contribution is 2.40. The maximum atomic E-state index is 12.0. The molecule has 0 bridgehead atoms. The zero-order valence-electron chi connectivity index (χ0n) is 17.7. The fourth-order valence-corrected chi connectivity index (χ4v) is 5.91. The van der Waals surface area contributed by atoms with Gasteiger partial charge in [0.05, 0.1) is 5.39 Å². The van der Waals surface area contributed by atoms with Gasteiger partial charge in [0.1, 0.15) is 10.6 Å². The summed E-state index contributed by atoms with van der Waals surface area (Å²) in [6.45, 7) is 1.48. The molecule has 32 heavy (non-hydrogen) atoms. The van der Waals surface area contributed by atoms with Crippen molar-refractivity contribution in [1.82, 2.24) is 15.0 Å². The molecule has 1 aliphatic carbocycles. The van der Waals surface area contributed by atoms with Gasteiger partial charge in [0.2, 0.25) is 5.91 Å². The lowest BCUT2D eigenvalue weighted by Gasteiger charge is -2.16. The van der Waals surface area contributed by atoms with Crippen LogP contribution in [-0.2, 0) is 24.2 Å². The van der Waals surface area contributed by atoms with Crippen LogP contribution in [0.3, 0.4) is 0 Å². The molecule has 1 aliphatic heterocycles. The number of aromatic nitrogens is 3. The first-order valence-corrected chi connectivity index (χ1v) is 11.9. The first-order valence-electron chi connectivity index (χ1n) is 11.1. The van der Waals surface area contributed by atoms with Gasteiger partial charge >= 0.3 is 0 Å². The van der Waals surface area contributed by atoms with Gasteiger partial charge < -0.3 is 10.2 Å². The van der Waals surface area contributed by atoms with E-state index in [1.165, 1.54) is 22.2 Å². The Morgan fingerprint density at radius 2 is 1.94 bits per heavy atom. The number of nitrogens with one attached hydrogen (secondary N) is 1. The number of rotatable bonds is 5. The van der Waals surface area contributed by atoms with E-state index in [0.29, 0.717) is 18.8 Å². The number of hydrogen-bond donors (Lipinski definition) is 1. The van der Waals surface area contributed by atoms with Crippen LogP contribution in [0, 0.1) is 0 Å². The van der Waals surface area contributed by atoms with Crippen LogP contribution in [0.2, 0.25) is 0 Å². The Balaban J connectivity index is 1.31. The molecule has 160 valence electrons. The van der Waals surface area contributed by atoms with Gasteiger partial charge in [0, 0.05) is 48.0 Å². The molecule has 7 heteroatoms. The molecule has 1 N–H and O–H groups in total. The molecule has 1 fully saturated rings. The Bertz CT molecular complexity index is 1300. The molecule has 0 atom stereocenters. The van der Waals surface area contributed by atoms with E-state index in [2.05, 4.69) is 22.4 Å². The molecule has 0 unspecified atom stereocenters. The van der Waals surface area contributed by atoms with Crippen molar-refractivity contribution in [3.05, 3.63) is 64.8 Å². The minimum Gasteiger partial charge on any atom is -0.365 e. The molecule has 0 saturated carbocycles. The Morgan fingerprint density at radius 1 is 1.03 bits per heavy atom. The number of pyridine rings is 1. The molecule has 0 radical (unpaired) electrons. The number of carbonyl (C=O) groups excluding carboxylic acids is 1. The molecule has 3 aromatic heterocycles. The van der Waals surface area contributed by atoms with Crippen molar-refractivity contribution in [2.75, 3.05) is 16.8 Å². The fraction of sp³-hybridized carbons (Fsp3) is 0.280. The molecule has 6 rings (SSSR count). The smallest absolute Gasteiger partial charge is 0.227 e. The number of thiophene rings is 1. The van der Waals surface area contributed by atoms with E-state index in [1.54, 1.807) is 17.5 Å². The summed E-state index contributed by atoms with van der Waals surface area (Å²) in [5.74, 6) is 1.82. The zero-order chi connectivity index (χ0) is 21.5. The second-order valence-corrected chi connectivity index (χ2v) is 9.43. The van der Waals surface area contributed by atoms with Crippen molar-refractivity contribution in [1.29, 1.82) is 0 Å².